The maximum absolute atomic E-state index is 13.0. The van der Waals surface area contributed by atoms with Gasteiger partial charge in [0.15, 0.2) is 5.43 Å². The summed E-state index contributed by atoms with van der Waals surface area (Å²) < 4.78 is 3.71. The molecule has 4 heteroatoms. The molecule has 3 rings (SSSR count). The van der Waals surface area contributed by atoms with Crippen LogP contribution in [0.4, 0.5) is 0 Å². The zero-order chi connectivity index (χ0) is 16.9. The van der Waals surface area contributed by atoms with E-state index in [1.165, 1.54) is 6.42 Å². The van der Waals surface area contributed by atoms with Crippen LogP contribution in [-0.4, -0.2) is 11.3 Å². The van der Waals surface area contributed by atoms with E-state index in [1.54, 1.807) is 4.73 Å². The molecule has 24 heavy (non-hydrogen) atoms. The van der Waals surface area contributed by atoms with Crippen molar-refractivity contribution in [1.29, 1.82) is 0 Å². The standard InChI is InChI=1S/C20H22INO2/c1-2-12-24-22-13-18(16-4-3-5-16)20(23)19(14-22)17-8-6-15(7-9-17)10-11-21/h6-11,13-14,16H,2-5,12H2,1H3/b11-10+. The van der Waals surface area contributed by atoms with Gasteiger partial charge in [-0.2, -0.15) is 4.73 Å². The van der Waals surface area contributed by atoms with Crippen LogP contribution in [0, 0.1) is 0 Å². The maximum Gasteiger partial charge on any atom is 0.193 e. The molecule has 1 aromatic heterocycles. The Morgan fingerprint density at radius 2 is 2.00 bits per heavy atom. The molecule has 2 aromatic rings. The normalized spacial score (nSPS) is 14.8. The van der Waals surface area contributed by atoms with Crippen molar-refractivity contribution in [2.75, 3.05) is 6.61 Å². The van der Waals surface area contributed by atoms with Crippen molar-refractivity contribution in [1.82, 2.24) is 4.73 Å². The van der Waals surface area contributed by atoms with Crippen molar-refractivity contribution in [3.8, 4) is 11.1 Å². The van der Waals surface area contributed by atoms with Gasteiger partial charge in [0.1, 0.15) is 6.61 Å². The van der Waals surface area contributed by atoms with Gasteiger partial charge in [-0.15, -0.1) is 0 Å². The van der Waals surface area contributed by atoms with Crippen molar-refractivity contribution in [3.05, 3.63) is 62.1 Å². The van der Waals surface area contributed by atoms with E-state index >= 15 is 0 Å². The van der Waals surface area contributed by atoms with Crippen molar-refractivity contribution < 1.29 is 4.84 Å². The Balaban J connectivity index is 2.02. The Hall–Kier alpha value is -1.56. The Labute approximate surface area is 156 Å². The molecule has 126 valence electrons. The monoisotopic (exact) mass is 435 g/mol. The summed E-state index contributed by atoms with van der Waals surface area (Å²) in [6.45, 7) is 2.72. The average Bonchev–Trinajstić information content (AvgIpc) is 2.55. The number of halogens is 1. The molecule has 0 amide bonds. The number of hydrogen-bond acceptors (Lipinski definition) is 2. The third-order valence-corrected chi connectivity index (χ3v) is 4.86. The molecule has 1 aliphatic carbocycles. The number of rotatable bonds is 6. The number of nitrogens with zero attached hydrogens (tertiary/aromatic N) is 1. The topological polar surface area (TPSA) is 31.2 Å². The minimum absolute atomic E-state index is 0.147. The fraction of sp³-hybridized carbons (Fsp3) is 0.350. The van der Waals surface area contributed by atoms with Gasteiger partial charge >= 0.3 is 0 Å². The van der Waals surface area contributed by atoms with Gasteiger partial charge in [-0.05, 0) is 46.5 Å². The van der Waals surface area contributed by atoms with Crippen LogP contribution < -0.4 is 10.3 Å². The molecule has 1 aliphatic rings. The lowest BCUT2D eigenvalue weighted by molar-refractivity contribution is 0.108. The Bertz CT molecular complexity index is 773. The van der Waals surface area contributed by atoms with Gasteiger partial charge in [0.05, 0.1) is 12.4 Å². The highest BCUT2D eigenvalue weighted by atomic mass is 127. The molecule has 0 atom stereocenters. The summed E-state index contributed by atoms with van der Waals surface area (Å²) in [5.41, 5.74) is 3.84. The molecule has 0 saturated heterocycles. The molecule has 1 saturated carbocycles. The predicted octanol–water partition coefficient (Wildman–Crippen LogP) is 5.03. The number of benzene rings is 1. The van der Waals surface area contributed by atoms with Crippen LogP contribution in [0.1, 0.15) is 49.7 Å². The summed E-state index contributed by atoms with van der Waals surface area (Å²) in [7, 11) is 0. The van der Waals surface area contributed by atoms with Crippen LogP contribution in [0.5, 0.6) is 0 Å². The molecule has 0 bridgehead atoms. The number of pyridine rings is 1. The highest BCUT2D eigenvalue weighted by molar-refractivity contribution is 14.1. The van der Waals surface area contributed by atoms with Crippen molar-refractivity contribution in [3.63, 3.8) is 0 Å². The summed E-state index contributed by atoms with van der Waals surface area (Å²) >= 11 is 2.21. The van der Waals surface area contributed by atoms with Gasteiger partial charge < -0.3 is 4.84 Å². The van der Waals surface area contributed by atoms with E-state index in [1.807, 2.05) is 46.8 Å². The van der Waals surface area contributed by atoms with Crippen LogP contribution in [0.3, 0.4) is 0 Å². The van der Waals surface area contributed by atoms with Gasteiger partial charge in [0, 0.05) is 11.1 Å². The third-order valence-electron chi connectivity index (χ3n) is 4.50. The van der Waals surface area contributed by atoms with Gasteiger partial charge in [-0.3, -0.25) is 4.79 Å². The van der Waals surface area contributed by atoms with E-state index in [-0.39, 0.29) is 5.43 Å². The first-order valence-electron chi connectivity index (χ1n) is 8.49. The van der Waals surface area contributed by atoms with Crippen molar-refractivity contribution in [2.45, 2.75) is 38.5 Å². The van der Waals surface area contributed by atoms with E-state index in [0.29, 0.717) is 12.5 Å². The second-order valence-electron chi connectivity index (χ2n) is 6.19. The van der Waals surface area contributed by atoms with Crippen LogP contribution in [0.15, 0.2) is 45.5 Å². The van der Waals surface area contributed by atoms with Gasteiger partial charge in [-0.1, -0.05) is 60.2 Å². The molecule has 1 fully saturated rings. The van der Waals surface area contributed by atoms with E-state index in [0.717, 1.165) is 41.5 Å². The lowest BCUT2D eigenvalue weighted by Gasteiger charge is -2.26. The molecule has 0 aliphatic heterocycles. The summed E-state index contributed by atoms with van der Waals surface area (Å²) in [5.74, 6) is 0.384. The lowest BCUT2D eigenvalue weighted by Crippen LogP contribution is -2.24. The SMILES string of the molecule is CCCOn1cc(-c2ccc(/C=C/I)cc2)c(=O)c(C2CCC2)c1. The minimum atomic E-state index is 0.147. The lowest BCUT2D eigenvalue weighted by atomic mass is 9.80. The Morgan fingerprint density at radius 1 is 1.25 bits per heavy atom. The molecule has 1 aromatic carbocycles. The fourth-order valence-corrected chi connectivity index (χ4v) is 3.32. The Morgan fingerprint density at radius 3 is 2.58 bits per heavy atom. The smallest absolute Gasteiger partial charge is 0.193 e. The largest absolute Gasteiger partial charge is 0.414 e. The van der Waals surface area contributed by atoms with Crippen molar-refractivity contribution >= 4 is 28.7 Å². The van der Waals surface area contributed by atoms with Gasteiger partial charge in [-0.25, -0.2) is 0 Å². The molecule has 3 nitrogen and oxygen atoms in total. The van der Waals surface area contributed by atoms with Crippen LogP contribution in [0.25, 0.3) is 17.2 Å². The zero-order valence-electron chi connectivity index (χ0n) is 13.9. The van der Waals surface area contributed by atoms with E-state index < -0.39 is 0 Å². The second kappa shape index (κ2) is 8.01. The molecule has 0 unspecified atom stereocenters. The maximum atomic E-state index is 13.0. The quantitative estimate of drug-likeness (QED) is 0.597. The zero-order valence-corrected chi connectivity index (χ0v) is 16.0. The molecule has 0 spiro atoms. The summed E-state index contributed by atoms with van der Waals surface area (Å²) in [6, 6.07) is 8.10. The number of hydrogen-bond donors (Lipinski definition) is 0. The van der Waals surface area contributed by atoms with Crippen LogP contribution in [-0.2, 0) is 0 Å². The van der Waals surface area contributed by atoms with Crippen LogP contribution >= 0.6 is 22.6 Å². The van der Waals surface area contributed by atoms with E-state index in [4.69, 9.17) is 4.84 Å². The average molecular weight is 435 g/mol. The summed E-state index contributed by atoms with van der Waals surface area (Å²) in [6.07, 6.45) is 10.1. The fourth-order valence-electron chi connectivity index (χ4n) is 2.91. The first-order valence-corrected chi connectivity index (χ1v) is 9.74. The molecule has 0 N–H and O–H groups in total. The van der Waals surface area contributed by atoms with Crippen molar-refractivity contribution in [2.24, 2.45) is 0 Å². The predicted molar refractivity (Wildman–Crippen MR) is 108 cm³/mol. The highest BCUT2D eigenvalue weighted by Gasteiger charge is 2.24. The number of aromatic nitrogens is 1. The molecule has 0 radical (unpaired) electrons. The van der Waals surface area contributed by atoms with Crippen LogP contribution in [0.2, 0.25) is 0 Å². The van der Waals surface area contributed by atoms with E-state index in [9.17, 15) is 4.79 Å². The summed E-state index contributed by atoms with van der Waals surface area (Å²) in [5, 5.41) is 0. The van der Waals surface area contributed by atoms with E-state index in [2.05, 4.69) is 29.5 Å². The highest BCUT2D eigenvalue weighted by Crippen LogP contribution is 2.35. The molecular weight excluding hydrogens is 413 g/mol. The third kappa shape index (κ3) is 3.74. The first-order chi connectivity index (χ1) is 11.7. The summed E-state index contributed by atoms with van der Waals surface area (Å²) in [4.78, 5) is 18.7. The first kappa shape index (κ1) is 17.3. The Kier molecular flexibility index (Phi) is 5.76. The second-order valence-corrected chi connectivity index (χ2v) is 6.91. The molecule has 1 heterocycles. The van der Waals surface area contributed by atoms with Gasteiger partial charge in [0.25, 0.3) is 0 Å². The van der Waals surface area contributed by atoms with Gasteiger partial charge in [0.2, 0.25) is 0 Å². The minimum Gasteiger partial charge on any atom is -0.414 e. The molecular formula is C20H22INO2.